The second kappa shape index (κ2) is 13.8. The maximum absolute atomic E-state index is 14.0. The van der Waals surface area contributed by atoms with Crippen LogP contribution in [0.2, 0.25) is 5.02 Å². The first-order chi connectivity index (χ1) is 21.2. The largest absolute Gasteiger partial charge is 0.496 e. The van der Waals surface area contributed by atoms with Crippen molar-refractivity contribution in [2.24, 2.45) is 4.99 Å². The van der Waals surface area contributed by atoms with E-state index in [9.17, 15) is 9.59 Å². The summed E-state index contributed by atoms with van der Waals surface area (Å²) < 4.78 is 25.4. The molecule has 2 heterocycles. The lowest BCUT2D eigenvalue weighted by Crippen LogP contribution is -2.39. The molecule has 11 heteroatoms. The van der Waals surface area contributed by atoms with Gasteiger partial charge in [0.05, 0.1) is 46.6 Å². The van der Waals surface area contributed by atoms with Crippen molar-refractivity contribution in [2.75, 3.05) is 20.3 Å². The molecular weight excluding hydrogens is 668 g/mol. The SMILES string of the molecule is CCOC(=O)C1=C(C)N=c2s/c(=C/c3ccc(OCc4ccccc4Cl)c(OCC)c3)c(=O)n2[C@@H]1c1ccc(OC)c(Br)c1. The first-order valence-corrected chi connectivity index (χ1v) is 15.9. The third-order valence-corrected chi connectivity index (χ3v) is 8.89. The molecule has 0 saturated heterocycles. The number of methoxy groups -OCH3 is 1. The van der Waals surface area contributed by atoms with Gasteiger partial charge in [-0.15, -0.1) is 0 Å². The lowest BCUT2D eigenvalue weighted by Gasteiger charge is -2.25. The number of allylic oxidation sites excluding steroid dienone is 1. The first-order valence-electron chi connectivity index (χ1n) is 13.9. The van der Waals surface area contributed by atoms with E-state index in [1.165, 1.54) is 11.3 Å². The zero-order chi connectivity index (χ0) is 31.4. The van der Waals surface area contributed by atoms with Gasteiger partial charge in [-0.1, -0.05) is 53.3 Å². The van der Waals surface area contributed by atoms with E-state index in [0.29, 0.717) is 59.5 Å². The number of rotatable bonds is 10. The topological polar surface area (TPSA) is 88.4 Å². The zero-order valence-corrected chi connectivity index (χ0v) is 27.7. The van der Waals surface area contributed by atoms with Crippen LogP contribution in [0.3, 0.4) is 0 Å². The Morgan fingerprint density at radius 1 is 1.05 bits per heavy atom. The van der Waals surface area contributed by atoms with Gasteiger partial charge in [0.1, 0.15) is 12.4 Å². The van der Waals surface area contributed by atoms with Gasteiger partial charge in [0.25, 0.3) is 5.56 Å². The number of aromatic nitrogens is 1. The molecule has 1 aromatic heterocycles. The van der Waals surface area contributed by atoms with Crippen LogP contribution in [0, 0.1) is 0 Å². The smallest absolute Gasteiger partial charge is 0.338 e. The van der Waals surface area contributed by atoms with E-state index < -0.39 is 12.0 Å². The van der Waals surface area contributed by atoms with Crippen molar-refractivity contribution in [2.45, 2.75) is 33.4 Å². The number of halogens is 2. The fraction of sp³-hybridized carbons (Fsp3) is 0.242. The van der Waals surface area contributed by atoms with Gasteiger partial charge in [0.2, 0.25) is 0 Å². The molecule has 5 rings (SSSR count). The van der Waals surface area contributed by atoms with Crippen molar-refractivity contribution < 1.29 is 23.7 Å². The quantitative estimate of drug-likeness (QED) is 0.184. The van der Waals surface area contributed by atoms with Crippen LogP contribution in [0.4, 0.5) is 0 Å². The minimum absolute atomic E-state index is 0.194. The predicted octanol–water partition coefficient (Wildman–Crippen LogP) is 6.20. The number of carbonyl (C=O) groups excluding carboxylic acids is 1. The van der Waals surface area contributed by atoms with Crippen molar-refractivity contribution in [3.63, 3.8) is 0 Å². The maximum Gasteiger partial charge on any atom is 0.338 e. The highest BCUT2D eigenvalue weighted by atomic mass is 79.9. The van der Waals surface area contributed by atoms with Crippen LogP contribution in [0.1, 0.15) is 43.5 Å². The van der Waals surface area contributed by atoms with Crippen molar-refractivity contribution in [1.82, 2.24) is 4.57 Å². The van der Waals surface area contributed by atoms with Crippen molar-refractivity contribution in [3.8, 4) is 17.2 Å². The van der Waals surface area contributed by atoms with Crippen LogP contribution in [-0.4, -0.2) is 30.9 Å². The molecule has 0 saturated carbocycles. The van der Waals surface area contributed by atoms with Gasteiger partial charge in [0, 0.05) is 10.6 Å². The Balaban J connectivity index is 1.57. The number of nitrogens with zero attached hydrogens (tertiary/aromatic N) is 2. The molecule has 1 aliphatic heterocycles. The normalized spacial score (nSPS) is 14.6. The number of hydrogen-bond acceptors (Lipinski definition) is 8. The molecule has 44 heavy (non-hydrogen) atoms. The zero-order valence-electron chi connectivity index (χ0n) is 24.6. The van der Waals surface area contributed by atoms with Gasteiger partial charge in [0.15, 0.2) is 16.3 Å². The third-order valence-electron chi connectivity index (χ3n) is 6.92. The van der Waals surface area contributed by atoms with Crippen LogP contribution >= 0.6 is 38.9 Å². The Kier molecular flexibility index (Phi) is 9.93. The minimum Gasteiger partial charge on any atom is -0.496 e. The number of ether oxygens (including phenoxy) is 4. The van der Waals surface area contributed by atoms with Crippen LogP contribution in [0.25, 0.3) is 6.08 Å². The summed E-state index contributed by atoms with van der Waals surface area (Å²) in [5, 5.41) is 0.624. The molecule has 1 aliphatic rings. The average molecular weight is 698 g/mol. The molecule has 0 bridgehead atoms. The summed E-state index contributed by atoms with van der Waals surface area (Å²) >= 11 is 11.1. The van der Waals surface area contributed by atoms with Crippen molar-refractivity contribution in [1.29, 1.82) is 0 Å². The Labute approximate surface area is 272 Å². The number of benzene rings is 3. The lowest BCUT2D eigenvalue weighted by atomic mass is 9.96. The van der Waals surface area contributed by atoms with Gasteiger partial charge >= 0.3 is 5.97 Å². The molecule has 3 aromatic carbocycles. The lowest BCUT2D eigenvalue weighted by molar-refractivity contribution is -0.139. The molecule has 0 spiro atoms. The highest BCUT2D eigenvalue weighted by Crippen LogP contribution is 2.35. The Morgan fingerprint density at radius 3 is 2.52 bits per heavy atom. The van der Waals surface area contributed by atoms with E-state index in [1.807, 2.05) is 61.5 Å². The highest BCUT2D eigenvalue weighted by molar-refractivity contribution is 9.10. The summed E-state index contributed by atoms with van der Waals surface area (Å²) in [7, 11) is 1.57. The molecule has 4 aromatic rings. The van der Waals surface area contributed by atoms with Crippen molar-refractivity contribution in [3.05, 3.63) is 118 Å². The molecule has 0 amide bonds. The second-order valence-corrected chi connectivity index (χ2v) is 12.0. The van der Waals surface area contributed by atoms with Gasteiger partial charge in [-0.2, -0.15) is 0 Å². The molecule has 0 N–H and O–H groups in total. The number of hydrogen-bond donors (Lipinski definition) is 0. The predicted molar refractivity (Wildman–Crippen MR) is 174 cm³/mol. The first kappa shape index (κ1) is 31.6. The maximum atomic E-state index is 14.0. The van der Waals surface area contributed by atoms with Crippen molar-refractivity contribution >= 4 is 50.9 Å². The van der Waals surface area contributed by atoms with Crippen LogP contribution < -0.4 is 29.1 Å². The van der Waals surface area contributed by atoms with E-state index in [4.69, 9.17) is 30.5 Å². The summed E-state index contributed by atoms with van der Waals surface area (Å²) in [6.45, 7) is 6.29. The molecule has 1 atom stereocenters. The molecule has 0 unspecified atom stereocenters. The summed E-state index contributed by atoms with van der Waals surface area (Å²) in [5.41, 5.74) is 2.83. The fourth-order valence-corrected chi connectivity index (χ4v) is 6.68. The van der Waals surface area contributed by atoms with E-state index in [0.717, 1.165) is 11.1 Å². The molecule has 228 valence electrons. The fourth-order valence-electron chi connectivity index (χ4n) is 4.88. The Bertz CT molecular complexity index is 1930. The number of carbonyl (C=O) groups is 1. The molecule has 0 radical (unpaired) electrons. The monoisotopic (exact) mass is 696 g/mol. The molecule has 0 aliphatic carbocycles. The van der Waals surface area contributed by atoms with E-state index in [2.05, 4.69) is 20.9 Å². The van der Waals surface area contributed by atoms with Crippen LogP contribution in [0.15, 0.2) is 86.2 Å². The van der Waals surface area contributed by atoms with Crippen LogP contribution in [-0.2, 0) is 16.1 Å². The molecule has 8 nitrogen and oxygen atoms in total. The van der Waals surface area contributed by atoms with Gasteiger partial charge in [-0.3, -0.25) is 9.36 Å². The average Bonchev–Trinajstić information content (AvgIpc) is 3.30. The van der Waals surface area contributed by atoms with E-state index >= 15 is 0 Å². The second-order valence-electron chi connectivity index (χ2n) is 9.72. The molecule has 0 fully saturated rings. The molecular formula is C33H30BrClN2O6S. The van der Waals surface area contributed by atoms with Gasteiger partial charge < -0.3 is 18.9 Å². The summed E-state index contributed by atoms with van der Waals surface area (Å²) in [5.74, 6) is 1.21. The van der Waals surface area contributed by atoms with Gasteiger partial charge in [-0.05, 0) is 84.2 Å². The Morgan fingerprint density at radius 2 is 1.82 bits per heavy atom. The minimum atomic E-state index is -0.741. The summed E-state index contributed by atoms with van der Waals surface area (Å²) in [4.78, 5) is 32.3. The van der Waals surface area contributed by atoms with Gasteiger partial charge in [-0.25, -0.2) is 9.79 Å². The Hall–Kier alpha value is -3.86. The van der Waals surface area contributed by atoms with E-state index in [-0.39, 0.29) is 18.8 Å². The third kappa shape index (κ3) is 6.47. The highest BCUT2D eigenvalue weighted by Gasteiger charge is 2.33. The number of thiazole rings is 1. The van der Waals surface area contributed by atoms with Crippen LogP contribution in [0.5, 0.6) is 17.2 Å². The number of esters is 1. The summed E-state index contributed by atoms with van der Waals surface area (Å²) in [6, 6.07) is 17.7. The summed E-state index contributed by atoms with van der Waals surface area (Å²) in [6.07, 6.45) is 1.79. The standard InChI is InChI=1S/C33H30BrClN2O6S/c1-5-41-27-15-20(11-13-26(27)43-18-22-9-7-8-10-24(22)35)16-28-31(38)37-30(21-12-14-25(40-4)23(34)17-21)29(32(39)42-6-2)19(3)36-33(37)44-28/h7-17,30H,5-6,18H2,1-4H3/b28-16+/t30-/m1/s1. The van der Waals surface area contributed by atoms with E-state index in [1.54, 1.807) is 37.7 Å². The number of fused-ring (bicyclic) bond motifs is 1.